The van der Waals surface area contributed by atoms with Gasteiger partial charge in [0.15, 0.2) is 0 Å². The highest BCUT2D eigenvalue weighted by atomic mass is 32.1. The monoisotopic (exact) mass is 336 g/mol. The number of rotatable bonds is 4. The highest BCUT2D eigenvalue weighted by Crippen LogP contribution is 2.30. The normalized spacial score (nSPS) is 15.5. The predicted octanol–water partition coefficient (Wildman–Crippen LogP) is 3.28. The summed E-state index contributed by atoms with van der Waals surface area (Å²) in [6.07, 6.45) is 5.25. The molecule has 4 nitrogen and oxygen atoms in total. The maximum Gasteiger partial charge on any atom is 0.115 e. The molecule has 1 aliphatic heterocycles. The lowest BCUT2D eigenvalue weighted by molar-refractivity contribution is 0.235. The first-order valence-corrected chi connectivity index (χ1v) is 9.08. The third kappa shape index (κ3) is 3.53. The van der Waals surface area contributed by atoms with Crippen LogP contribution in [0.1, 0.15) is 4.88 Å². The standard InChI is InChI=1S/C19H20N4S/c1-3-16(4-2-15(1)17-11-21-14-22-12-17)19-6-5-18(24-19)13-23-9-7-20-8-10-23/h1-6,11-12,14,20H,7-10,13H2. The summed E-state index contributed by atoms with van der Waals surface area (Å²) in [6.45, 7) is 5.54. The van der Waals surface area contributed by atoms with Gasteiger partial charge in [0.1, 0.15) is 6.33 Å². The van der Waals surface area contributed by atoms with Gasteiger partial charge in [-0.05, 0) is 23.3 Å². The zero-order valence-electron chi connectivity index (χ0n) is 13.5. The smallest absolute Gasteiger partial charge is 0.115 e. The van der Waals surface area contributed by atoms with Crippen LogP contribution in [0.4, 0.5) is 0 Å². The van der Waals surface area contributed by atoms with Gasteiger partial charge in [-0.25, -0.2) is 9.97 Å². The topological polar surface area (TPSA) is 41.1 Å². The molecule has 1 aromatic carbocycles. The van der Waals surface area contributed by atoms with E-state index >= 15 is 0 Å². The van der Waals surface area contributed by atoms with Crippen LogP contribution in [0.3, 0.4) is 0 Å². The van der Waals surface area contributed by atoms with Gasteiger partial charge in [-0.15, -0.1) is 11.3 Å². The molecule has 0 bridgehead atoms. The van der Waals surface area contributed by atoms with E-state index in [4.69, 9.17) is 0 Å². The number of nitrogens with one attached hydrogen (secondary N) is 1. The van der Waals surface area contributed by atoms with Gasteiger partial charge in [0.25, 0.3) is 0 Å². The van der Waals surface area contributed by atoms with Crippen LogP contribution in [-0.4, -0.2) is 41.0 Å². The molecule has 0 unspecified atom stereocenters. The summed E-state index contributed by atoms with van der Waals surface area (Å²) in [5, 5.41) is 3.40. The fourth-order valence-electron chi connectivity index (χ4n) is 2.98. The number of hydrogen-bond acceptors (Lipinski definition) is 5. The summed E-state index contributed by atoms with van der Waals surface area (Å²) in [7, 11) is 0. The van der Waals surface area contributed by atoms with Crippen LogP contribution >= 0.6 is 11.3 Å². The fourth-order valence-corrected chi connectivity index (χ4v) is 4.04. The van der Waals surface area contributed by atoms with Gasteiger partial charge in [0, 0.05) is 60.4 Å². The molecule has 0 saturated carbocycles. The first-order valence-electron chi connectivity index (χ1n) is 8.26. The number of piperazine rings is 1. The fraction of sp³-hybridized carbons (Fsp3) is 0.263. The SMILES string of the molecule is c1ncc(-c2ccc(-c3ccc(CN4CCNCC4)s3)cc2)cn1. The van der Waals surface area contributed by atoms with Crippen molar-refractivity contribution in [1.29, 1.82) is 0 Å². The van der Waals surface area contributed by atoms with Gasteiger partial charge in [-0.3, -0.25) is 4.90 Å². The van der Waals surface area contributed by atoms with Crippen molar-refractivity contribution in [3.8, 4) is 21.6 Å². The first kappa shape index (κ1) is 15.4. The van der Waals surface area contributed by atoms with Crippen molar-refractivity contribution in [3.05, 3.63) is 60.0 Å². The Hall–Kier alpha value is -2.08. The average Bonchev–Trinajstić information content (AvgIpc) is 3.12. The lowest BCUT2D eigenvalue weighted by atomic mass is 10.1. The van der Waals surface area contributed by atoms with Crippen molar-refractivity contribution < 1.29 is 0 Å². The number of benzene rings is 1. The summed E-state index contributed by atoms with van der Waals surface area (Å²) >= 11 is 1.89. The minimum absolute atomic E-state index is 1.05. The van der Waals surface area contributed by atoms with Crippen LogP contribution in [-0.2, 0) is 6.54 Å². The van der Waals surface area contributed by atoms with Gasteiger partial charge in [0.05, 0.1) is 0 Å². The Morgan fingerprint density at radius 1 is 0.875 bits per heavy atom. The third-order valence-electron chi connectivity index (χ3n) is 4.31. The van der Waals surface area contributed by atoms with Crippen LogP contribution in [0.5, 0.6) is 0 Å². The van der Waals surface area contributed by atoms with Crippen LogP contribution < -0.4 is 5.32 Å². The molecule has 0 aliphatic carbocycles. The Morgan fingerprint density at radius 3 is 2.33 bits per heavy atom. The summed E-state index contributed by atoms with van der Waals surface area (Å²) in [4.78, 5) is 13.5. The van der Waals surface area contributed by atoms with E-state index in [1.54, 1.807) is 6.33 Å². The van der Waals surface area contributed by atoms with E-state index < -0.39 is 0 Å². The van der Waals surface area contributed by atoms with E-state index in [-0.39, 0.29) is 0 Å². The van der Waals surface area contributed by atoms with Crippen molar-refractivity contribution in [3.63, 3.8) is 0 Å². The van der Waals surface area contributed by atoms with Crippen LogP contribution in [0.2, 0.25) is 0 Å². The highest BCUT2D eigenvalue weighted by Gasteiger charge is 2.11. The van der Waals surface area contributed by atoms with E-state index in [9.17, 15) is 0 Å². The Kier molecular flexibility index (Phi) is 4.64. The molecule has 0 atom stereocenters. The summed E-state index contributed by atoms with van der Waals surface area (Å²) in [5.41, 5.74) is 3.47. The Bertz CT molecular complexity index is 777. The molecule has 4 rings (SSSR count). The quantitative estimate of drug-likeness (QED) is 0.794. The highest BCUT2D eigenvalue weighted by molar-refractivity contribution is 7.15. The molecule has 24 heavy (non-hydrogen) atoms. The van der Waals surface area contributed by atoms with Gasteiger partial charge in [-0.2, -0.15) is 0 Å². The van der Waals surface area contributed by atoms with E-state index in [0.717, 1.165) is 43.9 Å². The number of nitrogens with zero attached hydrogens (tertiary/aromatic N) is 3. The van der Waals surface area contributed by atoms with Crippen LogP contribution in [0, 0.1) is 0 Å². The second kappa shape index (κ2) is 7.21. The van der Waals surface area contributed by atoms with E-state index in [1.165, 1.54) is 15.3 Å². The summed E-state index contributed by atoms with van der Waals surface area (Å²) in [5.74, 6) is 0. The molecule has 0 amide bonds. The van der Waals surface area contributed by atoms with E-state index in [1.807, 2.05) is 23.7 Å². The Labute approximate surface area is 146 Å². The molecule has 1 aliphatic rings. The molecule has 5 heteroatoms. The zero-order valence-corrected chi connectivity index (χ0v) is 14.3. The molecule has 0 spiro atoms. The van der Waals surface area contributed by atoms with Crippen molar-refractivity contribution >= 4 is 11.3 Å². The summed E-state index contributed by atoms with van der Waals surface area (Å²) in [6, 6.07) is 13.2. The van der Waals surface area contributed by atoms with Crippen LogP contribution in [0.25, 0.3) is 21.6 Å². The van der Waals surface area contributed by atoms with Crippen molar-refractivity contribution in [2.75, 3.05) is 26.2 Å². The maximum absolute atomic E-state index is 4.08. The number of hydrogen-bond donors (Lipinski definition) is 1. The van der Waals surface area contributed by atoms with Crippen LogP contribution in [0.15, 0.2) is 55.1 Å². The molecule has 2 aromatic heterocycles. The third-order valence-corrected chi connectivity index (χ3v) is 5.43. The number of aromatic nitrogens is 2. The van der Waals surface area contributed by atoms with Crippen molar-refractivity contribution in [1.82, 2.24) is 20.2 Å². The molecule has 0 radical (unpaired) electrons. The summed E-state index contributed by atoms with van der Waals surface area (Å²) < 4.78 is 0. The van der Waals surface area contributed by atoms with E-state index in [2.05, 4.69) is 56.6 Å². The lowest BCUT2D eigenvalue weighted by Gasteiger charge is -2.26. The molecule has 3 aromatic rings. The largest absolute Gasteiger partial charge is 0.314 e. The molecular formula is C19H20N4S. The van der Waals surface area contributed by atoms with Gasteiger partial charge < -0.3 is 5.32 Å². The maximum atomic E-state index is 4.08. The first-order chi connectivity index (χ1) is 11.9. The molecule has 122 valence electrons. The lowest BCUT2D eigenvalue weighted by Crippen LogP contribution is -2.42. The molecule has 1 fully saturated rings. The van der Waals surface area contributed by atoms with Gasteiger partial charge in [-0.1, -0.05) is 24.3 Å². The Morgan fingerprint density at radius 2 is 1.58 bits per heavy atom. The number of thiophene rings is 1. The molecular weight excluding hydrogens is 316 g/mol. The second-order valence-electron chi connectivity index (χ2n) is 6.00. The minimum atomic E-state index is 1.05. The predicted molar refractivity (Wildman–Crippen MR) is 98.9 cm³/mol. The molecule has 3 heterocycles. The van der Waals surface area contributed by atoms with Gasteiger partial charge >= 0.3 is 0 Å². The van der Waals surface area contributed by atoms with Crippen molar-refractivity contribution in [2.45, 2.75) is 6.54 Å². The van der Waals surface area contributed by atoms with Crippen molar-refractivity contribution in [2.24, 2.45) is 0 Å². The molecule has 1 N–H and O–H groups in total. The minimum Gasteiger partial charge on any atom is -0.314 e. The molecule has 1 saturated heterocycles. The second-order valence-corrected chi connectivity index (χ2v) is 7.16. The Balaban J connectivity index is 1.48. The average molecular weight is 336 g/mol. The van der Waals surface area contributed by atoms with E-state index in [0.29, 0.717) is 0 Å². The zero-order chi connectivity index (χ0) is 16.2. The van der Waals surface area contributed by atoms with Gasteiger partial charge in [0.2, 0.25) is 0 Å².